The van der Waals surface area contributed by atoms with E-state index < -0.39 is 0 Å². The number of carbonyl (C=O) groups excluding carboxylic acids is 1. The highest BCUT2D eigenvalue weighted by molar-refractivity contribution is 6.32. The molecule has 3 N–H and O–H groups in total. The van der Waals surface area contributed by atoms with Gasteiger partial charge < -0.3 is 11.1 Å². The molecular weight excluding hydrogens is 168 g/mol. The zero-order valence-corrected chi connectivity index (χ0v) is 6.17. The number of nitrogens with two attached hydrogens (primary N) is 1. The number of anilines is 2. The average molecular weight is 173 g/mol. The van der Waals surface area contributed by atoms with Gasteiger partial charge in [-0.05, 0) is 0 Å². The average Bonchev–Trinajstić information content (AvgIpc) is 1.95. The van der Waals surface area contributed by atoms with Crippen LogP contribution in [-0.4, -0.2) is 16.4 Å². The number of hydrogen-bond donors (Lipinski definition) is 2. The van der Waals surface area contributed by atoms with E-state index in [0.717, 1.165) is 0 Å². The lowest BCUT2D eigenvalue weighted by Gasteiger charge is -1.99. The summed E-state index contributed by atoms with van der Waals surface area (Å²) in [5, 5.41) is 2.44. The second kappa shape index (κ2) is 3.16. The summed E-state index contributed by atoms with van der Waals surface area (Å²) in [6, 6.07) is 0. The van der Waals surface area contributed by atoms with E-state index in [-0.39, 0.29) is 11.1 Å². The molecule has 11 heavy (non-hydrogen) atoms. The topological polar surface area (TPSA) is 80.9 Å². The number of rotatable bonds is 2. The van der Waals surface area contributed by atoms with Gasteiger partial charge in [-0.25, -0.2) is 4.98 Å². The molecule has 0 saturated heterocycles. The third-order valence-electron chi connectivity index (χ3n) is 0.975. The predicted molar refractivity (Wildman–Crippen MR) is 41.1 cm³/mol. The second-order valence-corrected chi connectivity index (χ2v) is 2.05. The Labute approximate surface area is 67.6 Å². The first kappa shape index (κ1) is 7.74. The number of carbonyl (C=O) groups is 1. The molecule has 0 aliphatic carbocycles. The maximum atomic E-state index is 9.95. The molecule has 1 heterocycles. The van der Waals surface area contributed by atoms with Crippen molar-refractivity contribution in [3.63, 3.8) is 0 Å². The summed E-state index contributed by atoms with van der Waals surface area (Å²) in [4.78, 5) is 17.2. The summed E-state index contributed by atoms with van der Waals surface area (Å²) >= 11 is 5.56. The first-order valence-electron chi connectivity index (χ1n) is 2.72. The van der Waals surface area contributed by atoms with E-state index in [0.29, 0.717) is 12.1 Å². The van der Waals surface area contributed by atoms with Crippen LogP contribution in [0, 0.1) is 0 Å². The normalized spacial score (nSPS) is 9.18. The summed E-state index contributed by atoms with van der Waals surface area (Å²) in [7, 11) is 0. The van der Waals surface area contributed by atoms with Crippen molar-refractivity contribution in [2.45, 2.75) is 0 Å². The molecule has 0 saturated carbocycles. The van der Waals surface area contributed by atoms with Gasteiger partial charge in [-0.15, -0.1) is 0 Å². The van der Waals surface area contributed by atoms with Crippen LogP contribution in [0.1, 0.15) is 0 Å². The van der Waals surface area contributed by atoms with E-state index in [1.54, 1.807) is 0 Å². The molecule has 0 fully saturated rings. The van der Waals surface area contributed by atoms with Crippen LogP contribution in [0.15, 0.2) is 6.20 Å². The number of nitrogen functional groups attached to an aromatic ring is 1. The summed E-state index contributed by atoms with van der Waals surface area (Å²) in [5.74, 6) is 0.0754. The smallest absolute Gasteiger partial charge is 0.221 e. The lowest BCUT2D eigenvalue weighted by atomic mass is 10.5. The second-order valence-electron chi connectivity index (χ2n) is 1.69. The Morgan fingerprint density at radius 2 is 2.45 bits per heavy atom. The number of hydrogen-bond acceptors (Lipinski definition) is 4. The van der Waals surface area contributed by atoms with E-state index in [2.05, 4.69) is 15.3 Å². The molecule has 0 radical (unpaired) electrons. The Morgan fingerprint density at radius 1 is 1.73 bits per heavy atom. The Bertz CT molecular complexity index is 277. The highest BCUT2D eigenvalue weighted by Crippen LogP contribution is 2.16. The quantitative estimate of drug-likeness (QED) is 0.496. The summed E-state index contributed by atoms with van der Waals surface area (Å²) in [6.45, 7) is 0. The molecule has 0 aliphatic rings. The minimum Gasteiger partial charge on any atom is -0.368 e. The predicted octanol–water partition coefficient (Wildman–Crippen LogP) is 0.280. The molecule has 0 unspecified atom stereocenters. The van der Waals surface area contributed by atoms with Gasteiger partial charge in [0.1, 0.15) is 0 Å². The first-order chi connectivity index (χ1) is 5.24. The van der Waals surface area contributed by atoms with Crippen LogP contribution in [0.25, 0.3) is 0 Å². The van der Waals surface area contributed by atoms with Crippen LogP contribution in [0.2, 0.25) is 5.15 Å². The largest absolute Gasteiger partial charge is 0.368 e. The standard InChI is InChI=1S/C5H5ClN4O/c6-4-3(9-2-11)1-8-5(7)10-4/h1-2H,(H,9,11)(H2,7,8,10). The van der Waals surface area contributed by atoms with Gasteiger partial charge in [0.15, 0.2) is 5.15 Å². The van der Waals surface area contributed by atoms with Gasteiger partial charge in [0.25, 0.3) is 0 Å². The highest BCUT2D eigenvalue weighted by Gasteiger charge is 2.00. The van der Waals surface area contributed by atoms with Crippen molar-refractivity contribution in [2.24, 2.45) is 0 Å². The van der Waals surface area contributed by atoms with Crippen LogP contribution in [0.3, 0.4) is 0 Å². The minimum atomic E-state index is 0.0754. The van der Waals surface area contributed by atoms with Crippen LogP contribution < -0.4 is 11.1 Å². The molecule has 1 aromatic heterocycles. The number of aromatic nitrogens is 2. The van der Waals surface area contributed by atoms with E-state index in [9.17, 15) is 4.79 Å². The van der Waals surface area contributed by atoms with Crippen molar-refractivity contribution >= 4 is 29.6 Å². The highest BCUT2D eigenvalue weighted by atomic mass is 35.5. The molecule has 6 heteroatoms. The number of halogens is 1. The third-order valence-corrected chi connectivity index (χ3v) is 1.26. The lowest BCUT2D eigenvalue weighted by molar-refractivity contribution is -0.105. The van der Waals surface area contributed by atoms with Crippen molar-refractivity contribution in [3.05, 3.63) is 11.3 Å². The SMILES string of the molecule is Nc1ncc(NC=O)c(Cl)n1. The summed E-state index contributed by atoms with van der Waals surface area (Å²) < 4.78 is 0. The van der Waals surface area contributed by atoms with Gasteiger partial charge in [-0.2, -0.15) is 4.98 Å². The zero-order chi connectivity index (χ0) is 8.27. The molecule has 1 amide bonds. The Kier molecular flexibility index (Phi) is 2.22. The molecule has 1 aromatic rings. The van der Waals surface area contributed by atoms with Gasteiger partial charge >= 0.3 is 0 Å². The Morgan fingerprint density at radius 3 is 3.00 bits per heavy atom. The Hall–Kier alpha value is -1.36. The number of nitrogens with one attached hydrogen (secondary N) is 1. The van der Waals surface area contributed by atoms with Gasteiger partial charge in [0, 0.05) is 0 Å². The van der Waals surface area contributed by atoms with E-state index in [1.165, 1.54) is 6.20 Å². The molecule has 1 rings (SSSR count). The molecule has 0 aromatic carbocycles. The molecule has 0 atom stereocenters. The lowest BCUT2D eigenvalue weighted by Crippen LogP contribution is -2.00. The van der Waals surface area contributed by atoms with E-state index in [1.807, 2.05) is 0 Å². The fourth-order valence-electron chi connectivity index (χ4n) is 0.534. The monoisotopic (exact) mass is 172 g/mol. The van der Waals surface area contributed by atoms with Crippen molar-refractivity contribution in [1.82, 2.24) is 9.97 Å². The maximum Gasteiger partial charge on any atom is 0.221 e. The maximum absolute atomic E-state index is 9.95. The molecule has 58 valence electrons. The molecule has 0 bridgehead atoms. The fourth-order valence-corrected chi connectivity index (χ4v) is 0.724. The van der Waals surface area contributed by atoms with Gasteiger partial charge in [-0.1, -0.05) is 11.6 Å². The van der Waals surface area contributed by atoms with Gasteiger partial charge in [-0.3, -0.25) is 4.79 Å². The van der Waals surface area contributed by atoms with Crippen molar-refractivity contribution in [2.75, 3.05) is 11.1 Å². The molecular formula is C5H5ClN4O. The van der Waals surface area contributed by atoms with E-state index in [4.69, 9.17) is 17.3 Å². The van der Waals surface area contributed by atoms with Crippen LogP contribution >= 0.6 is 11.6 Å². The first-order valence-corrected chi connectivity index (χ1v) is 3.10. The van der Waals surface area contributed by atoms with Gasteiger partial charge in [0.05, 0.1) is 11.9 Å². The third kappa shape index (κ3) is 1.78. The van der Waals surface area contributed by atoms with Crippen LogP contribution in [-0.2, 0) is 4.79 Å². The van der Waals surface area contributed by atoms with E-state index >= 15 is 0 Å². The summed E-state index contributed by atoms with van der Waals surface area (Å²) in [6.07, 6.45) is 1.82. The number of amides is 1. The fraction of sp³-hybridized carbons (Fsp3) is 0. The van der Waals surface area contributed by atoms with Crippen LogP contribution in [0.4, 0.5) is 11.6 Å². The van der Waals surface area contributed by atoms with Crippen LogP contribution in [0.5, 0.6) is 0 Å². The molecule has 0 spiro atoms. The van der Waals surface area contributed by atoms with Gasteiger partial charge in [0.2, 0.25) is 12.4 Å². The zero-order valence-electron chi connectivity index (χ0n) is 5.41. The van der Waals surface area contributed by atoms with Crippen molar-refractivity contribution < 1.29 is 4.79 Å². The molecule has 0 aliphatic heterocycles. The van der Waals surface area contributed by atoms with Crippen molar-refractivity contribution in [1.29, 1.82) is 0 Å². The molecule has 5 nitrogen and oxygen atoms in total. The van der Waals surface area contributed by atoms with Crippen molar-refractivity contribution in [3.8, 4) is 0 Å². The minimum absolute atomic E-state index is 0.0754. The Balaban J connectivity index is 2.98. The number of nitrogens with zero attached hydrogens (tertiary/aromatic N) is 2. The summed E-state index contributed by atoms with van der Waals surface area (Å²) in [5.41, 5.74) is 5.54.